The molecule has 0 aromatic heterocycles. The average molecular weight is 494 g/mol. The van der Waals surface area contributed by atoms with Gasteiger partial charge in [-0.25, -0.2) is 8.42 Å². The zero-order valence-electron chi connectivity index (χ0n) is 18.5. The van der Waals surface area contributed by atoms with Crippen molar-refractivity contribution in [3.05, 3.63) is 73.0 Å². The van der Waals surface area contributed by atoms with Crippen LogP contribution in [0.2, 0.25) is 5.02 Å². The Kier molecular flexibility index (Phi) is 7.13. The molecule has 3 rings (SSSR count). The van der Waals surface area contributed by atoms with Gasteiger partial charge in [0.2, 0.25) is 0 Å². The van der Waals surface area contributed by atoms with E-state index in [1.54, 1.807) is 0 Å². The number of hydrogen-bond acceptors (Lipinski definition) is 8. The molecule has 0 fully saturated rings. The molecule has 0 aliphatic rings. The number of anilines is 3. The van der Waals surface area contributed by atoms with E-state index in [1.807, 2.05) is 38.1 Å². The van der Waals surface area contributed by atoms with Crippen LogP contribution in [0.1, 0.15) is 31.0 Å². The summed E-state index contributed by atoms with van der Waals surface area (Å²) in [6.45, 7) is 3.89. The van der Waals surface area contributed by atoms with Crippen molar-refractivity contribution < 1.29 is 18.4 Å². The lowest BCUT2D eigenvalue weighted by Gasteiger charge is -2.21. The highest BCUT2D eigenvalue weighted by Gasteiger charge is 2.30. The Morgan fingerprint density at radius 3 is 2.27 bits per heavy atom. The van der Waals surface area contributed by atoms with E-state index < -0.39 is 31.5 Å². The van der Waals surface area contributed by atoms with Crippen LogP contribution in [-0.2, 0) is 21.3 Å². The summed E-state index contributed by atoms with van der Waals surface area (Å²) >= 11 is 6.02. The first kappa shape index (κ1) is 24.7. The highest BCUT2D eigenvalue weighted by molar-refractivity contribution is 7.89. The molecule has 3 aromatic carbocycles. The monoisotopic (exact) mass is 493 g/mol. The molecule has 0 aliphatic heterocycles. The predicted octanol–water partition coefficient (Wildman–Crippen LogP) is 3.30. The Bertz CT molecular complexity index is 1350. The van der Waals surface area contributed by atoms with Crippen LogP contribution in [-0.4, -0.2) is 32.2 Å². The number of phenols is 1. The number of nitrogens with zero attached hydrogens (tertiary/aromatic N) is 1. The van der Waals surface area contributed by atoms with E-state index in [9.17, 15) is 23.1 Å². The molecule has 11 heteroatoms. The lowest BCUT2D eigenvalue weighted by molar-refractivity contribution is -0.0259. The van der Waals surface area contributed by atoms with Crippen molar-refractivity contribution in [3.8, 4) is 5.75 Å². The first-order valence-electron chi connectivity index (χ1n) is 10.0. The number of nitrogens with one attached hydrogen (secondary N) is 2. The summed E-state index contributed by atoms with van der Waals surface area (Å²) in [7, 11) is -2.01. The Balaban J connectivity index is 1.93. The molecule has 3 aromatic rings. The zero-order chi connectivity index (χ0) is 24.5. The molecule has 33 heavy (non-hydrogen) atoms. The van der Waals surface area contributed by atoms with Gasteiger partial charge in [-0.05, 0) is 36.6 Å². The third-order valence-electron chi connectivity index (χ3n) is 5.36. The smallest absolute Gasteiger partial charge is 0.269 e. The topological polar surface area (TPSA) is 125 Å². The van der Waals surface area contributed by atoms with Crippen molar-refractivity contribution in [3.63, 3.8) is 0 Å². The van der Waals surface area contributed by atoms with Gasteiger partial charge in [0, 0.05) is 13.1 Å². The van der Waals surface area contributed by atoms with Gasteiger partial charge in [-0.1, -0.05) is 47.3 Å². The molecule has 0 saturated carbocycles. The number of aryl methyl sites for hydroxylation is 1. The van der Waals surface area contributed by atoms with Crippen LogP contribution >= 0.6 is 11.6 Å². The highest BCUT2D eigenvalue weighted by atomic mass is 35.5. The van der Waals surface area contributed by atoms with Gasteiger partial charge in [0.25, 0.3) is 20.9 Å². The molecule has 1 unspecified atom stereocenters. The number of benzene rings is 2. The maximum Gasteiger partial charge on any atom is 0.269 e. The quantitative estimate of drug-likeness (QED) is 0.235. The summed E-state index contributed by atoms with van der Waals surface area (Å²) in [6, 6.07) is 10.1. The van der Waals surface area contributed by atoms with Crippen LogP contribution in [0.5, 0.6) is 5.75 Å². The molecule has 9 nitrogen and oxygen atoms in total. The number of halogens is 1. The van der Waals surface area contributed by atoms with Gasteiger partial charge in [0.15, 0.2) is 5.75 Å². The average Bonchev–Trinajstić information content (AvgIpc) is 2.81. The van der Waals surface area contributed by atoms with Gasteiger partial charge in [-0.2, -0.15) is 0 Å². The predicted molar refractivity (Wildman–Crippen MR) is 128 cm³/mol. The maximum absolute atomic E-state index is 12.6. The Morgan fingerprint density at radius 1 is 1.09 bits per heavy atom. The molecule has 0 radical (unpaired) electrons. The van der Waals surface area contributed by atoms with Crippen molar-refractivity contribution in [1.29, 1.82) is 0 Å². The standard InChI is InChI=1S/C22H24ClN3O6S/c1-5-13-6-8-14(9-7-13)12(2)24-17-18(21(29)20(17)28)25-16-11-10-15(23)22(19(16)27)33(30,31)26(3)32-4/h6-12,24-25,27H,5H2,1-4H3. The van der Waals surface area contributed by atoms with E-state index in [4.69, 9.17) is 16.4 Å². The second-order valence-corrected chi connectivity index (χ2v) is 9.64. The van der Waals surface area contributed by atoms with E-state index in [1.165, 1.54) is 17.7 Å². The second-order valence-electron chi connectivity index (χ2n) is 7.36. The summed E-state index contributed by atoms with van der Waals surface area (Å²) in [5, 5.41) is 16.1. The van der Waals surface area contributed by atoms with Gasteiger partial charge in [-0.15, -0.1) is 0 Å². The largest absolute Gasteiger partial charge is 0.504 e. The fourth-order valence-electron chi connectivity index (χ4n) is 3.24. The van der Waals surface area contributed by atoms with Crippen molar-refractivity contribution >= 4 is 38.7 Å². The minimum Gasteiger partial charge on any atom is -0.504 e. The third kappa shape index (κ3) is 4.60. The van der Waals surface area contributed by atoms with Crippen molar-refractivity contribution in [2.24, 2.45) is 0 Å². The second kappa shape index (κ2) is 9.52. The number of sulfonamides is 1. The van der Waals surface area contributed by atoms with Crippen LogP contribution in [0.25, 0.3) is 0 Å². The summed E-state index contributed by atoms with van der Waals surface area (Å²) in [6.07, 6.45) is 0.900. The summed E-state index contributed by atoms with van der Waals surface area (Å²) in [5.74, 6) is -0.714. The Morgan fingerprint density at radius 2 is 1.70 bits per heavy atom. The van der Waals surface area contributed by atoms with E-state index in [0.29, 0.717) is 4.47 Å². The zero-order valence-corrected chi connectivity index (χ0v) is 20.0. The van der Waals surface area contributed by atoms with Crippen molar-refractivity contribution in [2.45, 2.75) is 31.2 Å². The van der Waals surface area contributed by atoms with Gasteiger partial charge in [-0.3, -0.25) is 14.4 Å². The molecule has 0 amide bonds. The molecule has 3 N–H and O–H groups in total. The Hall–Kier alpha value is -2.92. The molecular weight excluding hydrogens is 470 g/mol. The molecule has 0 spiro atoms. The molecular formula is C22H24ClN3O6S. The van der Waals surface area contributed by atoms with Crippen molar-refractivity contribution in [2.75, 3.05) is 24.8 Å². The highest BCUT2D eigenvalue weighted by Crippen LogP contribution is 2.40. The minimum atomic E-state index is -4.29. The molecule has 0 heterocycles. The summed E-state index contributed by atoms with van der Waals surface area (Å²) in [4.78, 5) is 28.6. The number of hydrogen-bond donors (Lipinski definition) is 3. The Labute approximate surface area is 196 Å². The molecule has 1 atom stereocenters. The fraction of sp³-hybridized carbons (Fsp3) is 0.273. The van der Waals surface area contributed by atoms with E-state index in [0.717, 1.165) is 26.1 Å². The number of hydroxylamine groups is 1. The minimum absolute atomic E-state index is 0.0415. The van der Waals surface area contributed by atoms with Gasteiger partial charge in [0.1, 0.15) is 16.3 Å². The third-order valence-corrected chi connectivity index (χ3v) is 7.54. The molecule has 176 valence electrons. The van der Waals surface area contributed by atoms with Crippen LogP contribution in [0, 0.1) is 0 Å². The van der Waals surface area contributed by atoms with Crippen molar-refractivity contribution in [1.82, 2.24) is 4.47 Å². The normalized spacial score (nSPS) is 12.8. The maximum atomic E-state index is 12.6. The van der Waals surface area contributed by atoms with E-state index >= 15 is 0 Å². The molecule has 0 bridgehead atoms. The van der Waals surface area contributed by atoms with Crippen LogP contribution < -0.4 is 21.5 Å². The van der Waals surface area contributed by atoms with Crippen LogP contribution in [0.4, 0.5) is 17.1 Å². The first-order chi connectivity index (χ1) is 15.5. The van der Waals surface area contributed by atoms with Gasteiger partial charge < -0.3 is 15.7 Å². The van der Waals surface area contributed by atoms with Crippen LogP contribution in [0.15, 0.2) is 50.9 Å². The number of aromatic hydroxyl groups is 1. The SMILES string of the molecule is CCc1ccc(C(C)Nc2c(Nc3ccc(Cl)c(S(=O)(=O)N(C)OC)c3O)c(=O)c2=O)cc1. The number of phenolic OH excluding ortho intramolecular Hbond substituents is 1. The summed E-state index contributed by atoms with van der Waals surface area (Å²) < 4.78 is 25.8. The van der Waals surface area contributed by atoms with Gasteiger partial charge in [0.05, 0.1) is 17.8 Å². The van der Waals surface area contributed by atoms with E-state index in [-0.39, 0.29) is 28.1 Å². The number of rotatable bonds is 9. The summed E-state index contributed by atoms with van der Waals surface area (Å²) in [5.41, 5.74) is 0.422. The first-order valence-corrected chi connectivity index (χ1v) is 11.8. The van der Waals surface area contributed by atoms with Gasteiger partial charge >= 0.3 is 0 Å². The molecule has 0 aliphatic carbocycles. The van der Waals surface area contributed by atoms with E-state index in [2.05, 4.69) is 10.6 Å². The lowest BCUT2D eigenvalue weighted by Crippen LogP contribution is -2.37. The molecule has 0 saturated heterocycles. The van der Waals surface area contributed by atoms with Crippen LogP contribution in [0.3, 0.4) is 0 Å². The fourth-order valence-corrected chi connectivity index (χ4v) is 4.81. The lowest BCUT2D eigenvalue weighted by atomic mass is 10.0.